The molecule has 1 aliphatic heterocycles. The van der Waals surface area contributed by atoms with Crippen LogP contribution in [0.4, 0.5) is 0 Å². The fourth-order valence-corrected chi connectivity index (χ4v) is 2.31. The van der Waals surface area contributed by atoms with E-state index in [4.69, 9.17) is 4.74 Å². The SMILES string of the molecule is CC(C)Cc1ccc(C2(C)COCC2=O)cc1. The van der Waals surface area contributed by atoms with E-state index in [0.29, 0.717) is 12.5 Å². The van der Waals surface area contributed by atoms with Crippen molar-refractivity contribution in [2.45, 2.75) is 32.6 Å². The third-order valence-electron chi connectivity index (χ3n) is 3.47. The molecule has 1 saturated heterocycles. The zero-order valence-corrected chi connectivity index (χ0v) is 10.8. The van der Waals surface area contributed by atoms with Gasteiger partial charge in [-0.2, -0.15) is 0 Å². The number of ether oxygens (including phenoxy) is 1. The molecule has 0 aliphatic carbocycles. The first-order valence-electron chi connectivity index (χ1n) is 6.23. The number of hydrogen-bond donors (Lipinski definition) is 0. The number of carbonyl (C=O) groups excluding carboxylic acids is 1. The van der Waals surface area contributed by atoms with Crippen LogP contribution in [0.25, 0.3) is 0 Å². The molecule has 2 nitrogen and oxygen atoms in total. The monoisotopic (exact) mass is 232 g/mol. The Bertz CT molecular complexity index is 405. The topological polar surface area (TPSA) is 26.3 Å². The summed E-state index contributed by atoms with van der Waals surface area (Å²) in [5.74, 6) is 0.849. The lowest BCUT2D eigenvalue weighted by Gasteiger charge is -2.21. The number of ketones is 1. The molecular weight excluding hydrogens is 212 g/mol. The highest BCUT2D eigenvalue weighted by Gasteiger charge is 2.39. The fourth-order valence-electron chi connectivity index (χ4n) is 2.31. The van der Waals surface area contributed by atoms with Gasteiger partial charge >= 0.3 is 0 Å². The van der Waals surface area contributed by atoms with Gasteiger partial charge in [0, 0.05) is 0 Å². The summed E-state index contributed by atoms with van der Waals surface area (Å²) < 4.78 is 5.27. The van der Waals surface area contributed by atoms with Crippen molar-refractivity contribution in [1.29, 1.82) is 0 Å². The van der Waals surface area contributed by atoms with Gasteiger partial charge in [-0.3, -0.25) is 4.79 Å². The largest absolute Gasteiger partial charge is 0.372 e. The summed E-state index contributed by atoms with van der Waals surface area (Å²) >= 11 is 0. The van der Waals surface area contributed by atoms with Gasteiger partial charge in [-0.1, -0.05) is 38.1 Å². The molecule has 1 aromatic rings. The first-order valence-corrected chi connectivity index (χ1v) is 6.23. The lowest BCUT2D eigenvalue weighted by Crippen LogP contribution is -2.30. The van der Waals surface area contributed by atoms with Crippen LogP contribution < -0.4 is 0 Å². The first-order chi connectivity index (χ1) is 8.02. The van der Waals surface area contributed by atoms with Gasteiger partial charge in [-0.25, -0.2) is 0 Å². The van der Waals surface area contributed by atoms with Gasteiger partial charge in [0.05, 0.1) is 12.0 Å². The van der Waals surface area contributed by atoms with Crippen LogP contribution in [0.15, 0.2) is 24.3 Å². The molecule has 0 saturated carbocycles. The van der Waals surface area contributed by atoms with Crippen LogP contribution in [0.2, 0.25) is 0 Å². The predicted molar refractivity (Wildman–Crippen MR) is 68.2 cm³/mol. The second-order valence-electron chi connectivity index (χ2n) is 5.54. The standard InChI is InChI=1S/C15H20O2/c1-11(2)8-12-4-6-13(7-5-12)15(3)10-17-9-14(15)16/h4-7,11H,8-10H2,1-3H3. The van der Waals surface area contributed by atoms with Crippen LogP contribution in [0.3, 0.4) is 0 Å². The van der Waals surface area contributed by atoms with Gasteiger partial charge in [0.15, 0.2) is 5.78 Å². The Kier molecular flexibility index (Phi) is 3.34. The molecule has 2 heteroatoms. The molecule has 0 N–H and O–H groups in total. The van der Waals surface area contributed by atoms with Gasteiger partial charge in [0.2, 0.25) is 0 Å². The zero-order chi connectivity index (χ0) is 12.5. The van der Waals surface area contributed by atoms with Crippen LogP contribution in [0.5, 0.6) is 0 Å². The van der Waals surface area contributed by atoms with E-state index in [1.807, 2.05) is 6.92 Å². The third-order valence-corrected chi connectivity index (χ3v) is 3.47. The van der Waals surface area contributed by atoms with Crippen LogP contribution in [0.1, 0.15) is 31.9 Å². The van der Waals surface area contributed by atoms with Gasteiger partial charge in [-0.15, -0.1) is 0 Å². The van der Waals surface area contributed by atoms with Gasteiger partial charge in [0.1, 0.15) is 6.61 Å². The maximum absolute atomic E-state index is 11.8. The van der Waals surface area contributed by atoms with Crippen molar-refractivity contribution in [1.82, 2.24) is 0 Å². The second kappa shape index (κ2) is 4.61. The highest BCUT2D eigenvalue weighted by Crippen LogP contribution is 2.30. The molecule has 1 aromatic carbocycles. The molecule has 0 radical (unpaired) electrons. The minimum Gasteiger partial charge on any atom is -0.372 e. The number of carbonyl (C=O) groups is 1. The highest BCUT2D eigenvalue weighted by atomic mass is 16.5. The molecule has 1 atom stereocenters. The Morgan fingerprint density at radius 3 is 2.41 bits per heavy atom. The Hall–Kier alpha value is -1.15. The lowest BCUT2D eigenvalue weighted by molar-refractivity contribution is -0.121. The summed E-state index contributed by atoms with van der Waals surface area (Å²) in [5.41, 5.74) is 1.97. The minimum atomic E-state index is -0.434. The number of Topliss-reactive ketones (excluding diaryl/α,β-unsaturated/α-hetero) is 1. The van der Waals surface area contributed by atoms with E-state index in [0.717, 1.165) is 12.0 Å². The van der Waals surface area contributed by atoms with Crippen molar-refractivity contribution in [3.63, 3.8) is 0 Å². The zero-order valence-electron chi connectivity index (χ0n) is 10.8. The first kappa shape index (κ1) is 12.3. The third kappa shape index (κ3) is 2.42. The van der Waals surface area contributed by atoms with Crippen molar-refractivity contribution in [3.05, 3.63) is 35.4 Å². The van der Waals surface area contributed by atoms with Gasteiger partial charge < -0.3 is 4.74 Å². The molecule has 1 aliphatic rings. The Morgan fingerprint density at radius 2 is 1.94 bits per heavy atom. The summed E-state index contributed by atoms with van der Waals surface area (Å²) in [5, 5.41) is 0. The van der Waals surface area contributed by atoms with Crippen molar-refractivity contribution >= 4 is 5.78 Å². The van der Waals surface area contributed by atoms with E-state index in [1.54, 1.807) is 0 Å². The molecule has 92 valence electrons. The van der Waals surface area contributed by atoms with Crippen molar-refractivity contribution in [2.24, 2.45) is 5.92 Å². The Morgan fingerprint density at radius 1 is 1.29 bits per heavy atom. The highest BCUT2D eigenvalue weighted by molar-refractivity contribution is 5.92. The summed E-state index contributed by atoms with van der Waals surface area (Å²) in [6.07, 6.45) is 1.08. The molecule has 1 unspecified atom stereocenters. The van der Waals surface area contributed by atoms with Crippen LogP contribution in [-0.2, 0) is 21.4 Å². The Balaban J connectivity index is 2.20. The minimum absolute atomic E-state index is 0.189. The maximum Gasteiger partial charge on any atom is 0.170 e. The molecule has 0 spiro atoms. The molecule has 0 amide bonds. The van der Waals surface area contributed by atoms with Crippen molar-refractivity contribution in [2.75, 3.05) is 13.2 Å². The van der Waals surface area contributed by atoms with Crippen LogP contribution in [0, 0.1) is 5.92 Å². The second-order valence-corrected chi connectivity index (χ2v) is 5.54. The van der Waals surface area contributed by atoms with E-state index < -0.39 is 5.41 Å². The summed E-state index contributed by atoms with van der Waals surface area (Å²) in [6.45, 7) is 7.16. The van der Waals surface area contributed by atoms with Gasteiger partial charge in [0.25, 0.3) is 0 Å². The van der Waals surface area contributed by atoms with Crippen LogP contribution in [-0.4, -0.2) is 19.0 Å². The average Bonchev–Trinajstić information content (AvgIpc) is 2.60. The van der Waals surface area contributed by atoms with E-state index in [1.165, 1.54) is 5.56 Å². The molecule has 0 aromatic heterocycles. The predicted octanol–water partition coefficient (Wildman–Crippen LogP) is 2.74. The molecular formula is C15H20O2. The normalized spacial score (nSPS) is 24.6. The number of rotatable bonds is 3. The molecule has 2 rings (SSSR count). The number of hydrogen-bond acceptors (Lipinski definition) is 2. The maximum atomic E-state index is 11.8. The summed E-state index contributed by atoms with van der Waals surface area (Å²) in [6, 6.07) is 8.41. The smallest absolute Gasteiger partial charge is 0.170 e. The van der Waals surface area contributed by atoms with Gasteiger partial charge in [-0.05, 0) is 30.4 Å². The molecule has 17 heavy (non-hydrogen) atoms. The summed E-state index contributed by atoms with van der Waals surface area (Å²) in [4.78, 5) is 11.8. The lowest BCUT2D eigenvalue weighted by atomic mass is 9.80. The van der Waals surface area contributed by atoms with Crippen LogP contribution >= 0.6 is 0 Å². The van der Waals surface area contributed by atoms with E-state index >= 15 is 0 Å². The van der Waals surface area contributed by atoms with Crippen molar-refractivity contribution < 1.29 is 9.53 Å². The summed E-state index contributed by atoms with van der Waals surface area (Å²) in [7, 11) is 0. The van der Waals surface area contributed by atoms with E-state index in [2.05, 4.69) is 38.1 Å². The number of benzene rings is 1. The fraction of sp³-hybridized carbons (Fsp3) is 0.533. The average molecular weight is 232 g/mol. The quantitative estimate of drug-likeness (QED) is 0.801. The molecule has 0 bridgehead atoms. The van der Waals surface area contributed by atoms with E-state index in [-0.39, 0.29) is 12.4 Å². The molecule has 1 fully saturated rings. The Labute approximate surface area is 103 Å². The van der Waals surface area contributed by atoms with E-state index in [9.17, 15) is 4.79 Å². The molecule has 1 heterocycles. The van der Waals surface area contributed by atoms with Crippen molar-refractivity contribution in [3.8, 4) is 0 Å².